The zero-order valence-electron chi connectivity index (χ0n) is 15.4. The van der Waals surface area contributed by atoms with Gasteiger partial charge in [0.2, 0.25) is 0 Å². The standard InChI is InChI=1S/C19H21N3O6/c1-18(15(24)20-17(27)21-18)12-4-2-11(3-5-12)14(23)22-8-13-9-28-7-6-19(13,10-22)16(25)26/h2-5,13H,6-10H2,1H3,(H,25,26)(H2,20,21,24,27)/t13-,18?,19+/m0/s1. The summed E-state index contributed by atoms with van der Waals surface area (Å²) in [5.41, 5.74) is -1.19. The highest BCUT2D eigenvalue weighted by Gasteiger charge is 2.55. The third kappa shape index (κ3) is 2.65. The summed E-state index contributed by atoms with van der Waals surface area (Å²) in [5, 5.41) is 14.5. The highest BCUT2D eigenvalue weighted by atomic mass is 16.5. The van der Waals surface area contributed by atoms with Gasteiger partial charge in [-0.05, 0) is 31.0 Å². The number of fused-ring (bicyclic) bond motifs is 1. The number of carbonyl (C=O) groups is 4. The van der Waals surface area contributed by atoms with E-state index in [1.807, 2.05) is 0 Å². The number of carboxylic acid groups (broad SMARTS) is 1. The van der Waals surface area contributed by atoms with E-state index in [2.05, 4.69) is 10.6 Å². The molecule has 0 saturated carbocycles. The lowest BCUT2D eigenvalue weighted by Crippen LogP contribution is -2.45. The molecule has 3 fully saturated rings. The van der Waals surface area contributed by atoms with E-state index in [1.165, 1.54) is 0 Å². The van der Waals surface area contributed by atoms with Crippen LogP contribution < -0.4 is 10.6 Å². The monoisotopic (exact) mass is 387 g/mol. The van der Waals surface area contributed by atoms with Gasteiger partial charge in [-0.25, -0.2) is 4.79 Å². The fraction of sp³-hybridized carbons (Fsp3) is 0.474. The molecule has 28 heavy (non-hydrogen) atoms. The average molecular weight is 387 g/mol. The second kappa shape index (κ2) is 6.30. The number of hydrogen-bond donors (Lipinski definition) is 3. The van der Waals surface area contributed by atoms with Gasteiger partial charge in [0.15, 0.2) is 0 Å². The maximum Gasteiger partial charge on any atom is 0.322 e. The van der Waals surface area contributed by atoms with Crippen LogP contribution in [-0.2, 0) is 19.9 Å². The molecule has 3 aliphatic rings. The van der Waals surface area contributed by atoms with Gasteiger partial charge in [0.05, 0.1) is 12.0 Å². The first kappa shape index (κ1) is 18.4. The Balaban J connectivity index is 1.54. The molecule has 9 nitrogen and oxygen atoms in total. The van der Waals surface area contributed by atoms with Crippen molar-refractivity contribution < 1.29 is 29.0 Å². The summed E-state index contributed by atoms with van der Waals surface area (Å²) in [6.07, 6.45) is 0.392. The smallest absolute Gasteiger partial charge is 0.322 e. The summed E-state index contributed by atoms with van der Waals surface area (Å²) in [6.45, 7) is 2.80. The number of amides is 4. The Hall–Kier alpha value is -2.94. The van der Waals surface area contributed by atoms with Crippen LogP contribution in [0.15, 0.2) is 24.3 Å². The fourth-order valence-electron chi connectivity index (χ4n) is 4.33. The van der Waals surface area contributed by atoms with Gasteiger partial charge in [-0.15, -0.1) is 0 Å². The lowest BCUT2D eigenvalue weighted by molar-refractivity contribution is -0.157. The van der Waals surface area contributed by atoms with E-state index < -0.39 is 28.9 Å². The first-order valence-corrected chi connectivity index (χ1v) is 9.11. The van der Waals surface area contributed by atoms with Crippen LogP contribution in [0.2, 0.25) is 0 Å². The van der Waals surface area contributed by atoms with Crippen molar-refractivity contribution in [2.24, 2.45) is 11.3 Å². The van der Waals surface area contributed by atoms with Crippen molar-refractivity contribution in [1.29, 1.82) is 0 Å². The molecule has 0 bridgehead atoms. The van der Waals surface area contributed by atoms with Crippen molar-refractivity contribution in [2.75, 3.05) is 26.3 Å². The molecule has 4 rings (SSSR count). The quantitative estimate of drug-likeness (QED) is 0.641. The topological polar surface area (TPSA) is 125 Å². The Morgan fingerprint density at radius 1 is 1.25 bits per heavy atom. The van der Waals surface area contributed by atoms with Crippen molar-refractivity contribution in [3.63, 3.8) is 0 Å². The molecule has 4 amide bonds. The number of ether oxygens (including phenoxy) is 1. The number of aliphatic carboxylic acids is 1. The van der Waals surface area contributed by atoms with Gasteiger partial charge in [-0.2, -0.15) is 0 Å². The molecular weight excluding hydrogens is 366 g/mol. The summed E-state index contributed by atoms with van der Waals surface area (Å²) < 4.78 is 5.42. The molecular formula is C19H21N3O6. The van der Waals surface area contributed by atoms with E-state index in [9.17, 15) is 24.3 Å². The zero-order valence-corrected chi connectivity index (χ0v) is 15.4. The maximum absolute atomic E-state index is 12.9. The van der Waals surface area contributed by atoms with Crippen molar-refractivity contribution in [2.45, 2.75) is 18.9 Å². The lowest BCUT2D eigenvalue weighted by atomic mass is 9.74. The van der Waals surface area contributed by atoms with Crippen LogP contribution in [0.1, 0.15) is 29.3 Å². The van der Waals surface area contributed by atoms with Crippen molar-refractivity contribution in [3.8, 4) is 0 Å². The zero-order chi connectivity index (χ0) is 20.1. The molecule has 3 aliphatic heterocycles. The number of carboxylic acids is 1. The molecule has 3 atom stereocenters. The SMILES string of the molecule is CC1(c2ccc(C(=O)N3C[C@H]4COCC[C@@]4(C(=O)O)C3)cc2)NC(=O)NC1=O. The van der Waals surface area contributed by atoms with Gasteiger partial charge in [0.1, 0.15) is 5.54 Å². The highest BCUT2D eigenvalue weighted by Crippen LogP contribution is 2.42. The molecule has 9 heteroatoms. The third-order valence-electron chi connectivity index (χ3n) is 6.17. The Kier molecular flexibility index (Phi) is 4.15. The molecule has 0 radical (unpaired) electrons. The van der Waals surface area contributed by atoms with Crippen LogP contribution in [0, 0.1) is 11.3 Å². The lowest BCUT2D eigenvalue weighted by Gasteiger charge is -2.33. The van der Waals surface area contributed by atoms with Crippen molar-refractivity contribution in [1.82, 2.24) is 15.5 Å². The summed E-state index contributed by atoms with van der Waals surface area (Å²) in [5.74, 6) is -1.82. The van der Waals surface area contributed by atoms with Gasteiger partial charge < -0.3 is 20.1 Å². The second-order valence-electron chi connectivity index (χ2n) is 7.78. The molecule has 3 heterocycles. The largest absolute Gasteiger partial charge is 0.481 e. The second-order valence-corrected chi connectivity index (χ2v) is 7.78. The molecule has 1 unspecified atom stereocenters. The summed E-state index contributed by atoms with van der Waals surface area (Å²) in [4.78, 5) is 49.9. The first-order chi connectivity index (χ1) is 13.3. The van der Waals surface area contributed by atoms with Crippen LogP contribution in [0.4, 0.5) is 4.79 Å². The molecule has 0 spiro atoms. The van der Waals surface area contributed by atoms with E-state index >= 15 is 0 Å². The van der Waals surface area contributed by atoms with E-state index in [0.29, 0.717) is 37.3 Å². The van der Waals surface area contributed by atoms with E-state index in [-0.39, 0.29) is 18.4 Å². The maximum atomic E-state index is 12.9. The van der Waals surface area contributed by atoms with E-state index in [1.54, 1.807) is 36.1 Å². The molecule has 3 saturated heterocycles. The number of hydrogen-bond acceptors (Lipinski definition) is 5. The van der Waals surface area contributed by atoms with E-state index in [4.69, 9.17) is 4.74 Å². The Morgan fingerprint density at radius 2 is 1.96 bits per heavy atom. The molecule has 0 aliphatic carbocycles. The van der Waals surface area contributed by atoms with Crippen LogP contribution >= 0.6 is 0 Å². The Labute approximate surface area is 161 Å². The molecule has 3 N–H and O–H groups in total. The summed E-state index contributed by atoms with van der Waals surface area (Å²) in [7, 11) is 0. The number of imide groups is 1. The number of benzene rings is 1. The number of urea groups is 1. The van der Waals surface area contributed by atoms with Crippen LogP contribution in [0.5, 0.6) is 0 Å². The summed E-state index contributed by atoms with van der Waals surface area (Å²) in [6, 6.07) is 5.86. The molecule has 1 aromatic carbocycles. The van der Waals surface area contributed by atoms with E-state index in [0.717, 1.165) is 0 Å². The number of rotatable bonds is 3. The summed E-state index contributed by atoms with van der Waals surface area (Å²) >= 11 is 0. The average Bonchev–Trinajstić information content (AvgIpc) is 3.20. The van der Waals surface area contributed by atoms with Gasteiger partial charge in [0, 0.05) is 31.2 Å². The Morgan fingerprint density at radius 3 is 2.54 bits per heavy atom. The van der Waals surface area contributed by atoms with Gasteiger partial charge in [0.25, 0.3) is 11.8 Å². The molecule has 148 valence electrons. The van der Waals surface area contributed by atoms with Gasteiger partial charge in [-0.3, -0.25) is 19.7 Å². The van der Waals surface area contributed by atoms with Crippen LogP contribution in [0.25, 0.3) is 0 Å². The normalized spacial score (nSPS) is 31.9. The van der Waals surface area contributed by atoms with Crippen molar-refractivity contribution in [3.05, 3.63) is 35.4 Å². The minimum Gasteiger partial charge on any atom is -0.481 e. The highest BCUT2D eigenvalue weighted by molar-refractivity contribution is 6.07. The molecule has 1 aromatic rings. The number of nitrogens with one attached hydrogen (secondary N) is 2. The minimum atomic E-state index is -1.19. The van der Waals surface area contributed by atoms with Gasteiger partial charge >= 0.3 is 12.0 Å². The fourth-order valence-corrected chi connectivity index (χ4v) is 4.33. The predicted molar refractivity (Wildman–Crippen MR) is 95.4 cm³/mol. The van der Waals surface area contributed by atoms with Crippen LogP contribution in [0.3, 0.4) is 0 Å². The number of nitrogens with zero attached hydrogens (tertiary/aromatic N) is 1. The Bertz CT molecular complexity index is 869. The molecule has 0 aromatic heterocycles. The number of likely N-dealkylation sites (tertiary alicyclic amines) is 1. The van der Waals surface area contributed by atoms with Crippen LogP contribution in [-0.4, -0.2) is 60.1 Å². The van der Waals surface area contributed by atoms with Gasteiger partial charge in [-0.1, -0.05) is 12.1 Å². The minimum absolute atomic E-state index is 0.160. The predicted octanol–water partition coefficient (Wildman–Crippen LogP) is 0.305. The van der Waals surface area contributed by atoms with Crippen molar-refractivity contribution >= 4 is 23.8 Å². The number of carbonyl (C=O) groups excluding carboxylic acids is 3. The third-order valence-corrected chi connectivity index (χ3v) is 6.17. The first-order valence-electron chi connectivity index (χ1n) is 9.11.